The summed E-state index contributed by atoms with van der Waals surface area (Å²) in [5.74, 6) is 0.138. The first kappa shape index (κ1) is 18.9. The van der Waals surface area contributed by atoms with Crippen molar-refractivity contribution in [2.75, 3.05) is 27.2 Å². The minimum absolute atomic E-state index is 0.138. The first-order valence-corrected chi connectivity index (χ1v) is 9.03. The fourth-order valence-electron chi connectivity index (χ4n) is 3.29. The summed E-state index contributed by atoms with van der Waals surface area (Å²) in [6, 6.07) is 8.45. The molecule has 1 N–H and O–H groups in total. The Balaban J connectivity index is 2.01. The van der Waals surface area contributed by atoms with Crippen LogP contribution in [0, 0.1) is 0 Å². The highest BCUT2D eigenvalue weighted by Gasteiger charge is 2.22. The number of amides is 1. The summed E-state index contributed by atoms with van der Waals surface area (Å²) in [6.45, 7) is 5.31. The highest BCUT2D eigenvalue weighted by molar-refractivity contribution is 5.94. The number of rotatable bonds is 5. The Morgan fingerprint density at radius 3 is 2.71 bits per heavy atom. The molecule has 0 saturated carbocycles. The molecule has 0 bridgehead atoms. The van der Waals surface area contributed by atoms with Crippen molar-refractivity contribution in [3.8, 4) is 0 Å². The lowest BCUT2D eigenvalue weighted by molar-refractivity contribution is 0.0714. The smallest absolute Gasteiger partial charge is 0.253 e. The number of carbonyl (C=O) groups excluding carboxylic acids is 1. The van der Waals surface area contributed by atoms with E-state index in [1.807, 2.05) is 43.0 Å². The van der Waals surface area contributed by atoms with Crippen molar-refractivity contribution in [2.45, 2.75) is 57.6 Å². The fourth-order valence-corrected chi connectivity index (χ4v) is 3.29. The predicted octanol–water partition coefficient (Wildman–Crippen LogP) is 2.95. The van der Waals surface area contributed by atoms with Crippen LogP contribution in [-0.4, -0.2) is 59.6 Å². The first-order chi connectivity index (χ1) is 11.3. The van der Waals surface area contributed by atoms with E-state index in [9.17, 15) is 9.90 Å². The predicted molar refractivity (Wildman–Crippen MR) is 98.3 cm³/mol. The van der Waals surface area contributed by atoms with Gasteiger partial charge in [-0.2, -0.15) is 0 Å². The van der Waals surface area contributed by atoms with Gasteiger partial charge >= 0.3 is 0 Å². The third-order valence-corrected chi connectivity index (χ3v) is 4.91. The Hall–Kier alpha value is -1.39. The molecule has 1 aromatic rings. The van der Waals surface area contributed by atoms with Gasteiger partial charge in [0.05, 0.1) is 5.60 Å². The Morgan fingerprint density at radius 2 is 2.04 bits per heavy atom. The van der Waals surface area contributed by atoms with Crippen molar-refractivity contribution in [3.63, 3.8) is 0 Å². The van der Waals surface area contributed by atoms with E-state index in [0.717, 1.165) is 49.9 Å². The van der Waals surface area contributed by atoms with Gasteiger partial charge in [0.25, 0.3) is 5.91 Å². The van der Waals surface area contributed by atoms with E-state index < -0.39 is 5.60 Å². The van der Waals surface area contributed by atoms with Crippen LogP contribution in [0.15, 0.2) is 24.3 Å². The van der Waals surface area contributed by atoms with E-state index in [4.69, 9.17) is 0 Å². The summed E-state index contributed by atoms with van der Waals surface area (Å²) in [5.41, 5.74) is 1.21. The molecule has 24 heavy (non-hydrogen) atoms. The maximum atomic E-state index is 12.8. The molecule has 1 heterocycles. The largest absolute Gasteiger partial charge is 0.390 e. The van der Waals surface area contributed by atoms with E-state index in [-0.39, 0.29) is 5.91 Å². The second kappa shape index (κ2) is 8.13. The highest BCUT2D eigenvalue weighted by atomic mass is 16.3. The number of likely N-dealkylation sites (tertiary alicyclic amines) is 1. The molecular weight excluding hydrogens is 300 g/mol. The quantitative estimate of drug-likeness (QED) is 0.901. The summed E-state index contributed by atoms with van der Waals surface area (Å²) in [6.07, 6.45) is 4.73. The third kappa shape index (κ3) is 5.60. The Labute approximate surface area is 146 Å². The number of aryl methyl sites for hydroxylation is 1. The van der Waals surface area contributed by atoms with Crippen molar-refractivity contribution in [1.29, 1.82) is 0 Å². The second-order valence-electron chi connectivity index (χ2n) is 7.85. The first-order valence-electron chi connectivity index (χ1n) is 9.03. The van der Waals surface area contributed by atoms with Gasteiger partial charge in [0.1, 0.15) is 0 Å². The zero-order chi connectivity index (χ0) is 17.7. The molecule has 1 fully saturated rings. The van der Waals surface area contributed by atoms with Gasteiger partial charge in [0, 0.05) is 24.7 Å². The topological polar surface area (TPSA) is 43.8 Å². The molecule has 134 valence electrons. The molecule has 4 nitrogen and oxygen atoms in total. The molecule has 0 unspecified atom stereocenters. The Kier molecular flexibility index (Phi) is 6.41. The summed E-state index contributed by atoms with van der Waals surface area (Å²) >= 11 is 0. The van der Waals surface area contributed by atoms with E-state index in [1.165, 1.54) is 0 Å². The molecule has 0 spiro atoms. The van der Waals surface area contributed by atoms with Gasteiger partial charge in [0.15, 0.2) is 0 Å². The van der Waals surface area contributed by atoms with Crippen LogP contribution in [0.25, 0.3) is 0 Å². The zero-order valence-electron chi connectivity index (χ0n) is 15.6. The molecule has 1 aromatic carbocycles. The summed E-state index contributed by atoms with van der Waals surface area (Å²) in [4.78, 5) is 17.1. The maximum Gasteiger partial charge on any atom is 0.253 e. The number of hydrogen-bond donors (Lipinski definition) is 1. The van der Waals surface area contributed by atoms with E-state index in [1.54, 1.807) is 0 Å². The van der Waals surface area contributed by atoms with Gasteiger partial charge in [0.2, 0.25) is 0 Å². The molecular formula is C20H32N2O2. The minimum Gasteiger partial charge on any atom is -0.390 e. The highest BCUT2D eigenvalue weighted by Crippen LogP contribution is 2.19. The van der Waals surface area contributed by atoms with Crippen LogP contribution in [0.4, 0.5) is 0 Å². The van der Waals surface area contributed by atoms with Gasteiger partial charge in [-0.05, 0) is 77.7 Å². The monoisotopic (exact) mass is 332 g/mol. The molecule has 1 saturated heterocycles. The van der Waals surface area contributed by atoms with Crippen molar-refractivity contribution in [3.05, 3.63) is 35.4 Å². The lowest BCUT2D eigenvalue weighted by Crippen LogP contribution is -2.33. The molecule has 1 amide bonds. The summed E-state index contributed by atoms with van der Waals surface area (Å²) in [5, 5.41) is 9.88. The molecule has 2 rings (SSSR count). The van der Waals surface area contributed by atoms with Crippen LogP contribution in [0.2, 0.25) is 0 Å². The molecule has 1 aliphatic rings. The standard InChI is InChI=1S/C20H32N2O2/c1-20(2,24)12-10-16-7-5-8-17(15-16)19(23)22-13-6-9-18(11-14-22)21(3)4/h5,7-8,15,18,24H,6,9-14H2,1-4H3/t18-/m1/s1. The Morgan fingerprint density at radius 1 is 1.29 bits per heavy atom. The second-order valence-corrected chi connectivity index (χ2v) is 7.85. The molecule has 0 aromatic heterocycles. The number of aliphatic hydroxyl groups is 1. The van der Waals surface area contributed by atoms with Crippen molar-refractivity contribution in [1.82, 2.24) is 9.80 Å². The number of carbonyl (C=O) groups is 1. The molecule has 0 radical (unpaired) electrons. The van der Waals surface area contributed by atoms with Crippen LogP contribution < -0.4 is 0 Å². The van der Waals surface area contributed by atoms with Crippen LogP contribution in [0.1, 0.15) is 55.5 Å². The third-order valence-electron chi connectivity index (χ3n) is 4.91. The SMILES string of the molecule is CN(C)[C@@H]1CCCN(C(=O)c2cccc(CCC(C)(C)O)c2)CC1. The molecule has 0 aliphatic carbocycles. The lowest BCUT2D eigenvalue weighted by Gasteiger charge is -2.23. The number of hydrogen-bond acceptors (Lipinski definition) is 3. The Bertz CT molecular complexity index is 549. The van der Waals surface area contributed by atoms with Gasteiger partial charge in [-0.25, -0.2) is 0 Å². The van der Waals surface area contributed by atoms with E-state index in [0.29, 0.717) is 12.5 Å². The number of benzene rings is 1. The van der Waals surface area contributed by atoms with Crippen molar-refractivity contribution >= 4 is 5.91 Å². The van der Waals surface area contributed by atoms with Gasteiger partial charge in [-0.1, -0.05) is 12.1 Å². The molecule has 4 heteroatoms. The number of nitrogens with zero attached hydrogens (tertiary/aromatic N) is 2. The van der Waals surface area contributed by atoms with Crippen molar-refractivity contribution in [2.24, 2.45) is 0 Å². The van der Waals surface area contributed by atoms with Crippen LogP contribution >= 0.6 is 0 Å². The lowest BCUT2D eigenvalue weighted by atomic mass is 9.97. The maximum absolute atomic E-state index is 12.8. The summed E-state index contributed by atoms with van der Waals surface area (Å²) < 4.78 is 0. The zero-order valence-corrected chi connectivity index (χ0v) is 15.6. The van der Waals surface area contributed by atoms with Gasteiger partial charge in [-0.15, -0.1) is 0 Å². The molecule has 1 atom stereocenters. The molecule has 1 aliphatic heterocycles. The average Bonchev–Trinajstić information content (AvgIpc) is 2.78. The van der Waals surface area contributed by atoms with Crippen LogP contribution in [0.3, 0.4) is 0 Å². The van der Waals surface area contributed by atoms with Gasteiger partial charge < -0.3 is 14.9 Å². The van der Waals surface area contributed by atoms with Crippen molar-refractivity contribution < 1.29 is 9.90 Å². The normalized spacial score (nSPS) is 19.4. The summed E-state index contributed by atoms with van der Waals surface area (Å²) in [7, 11) is 4.24. The van der Waals surface area contributed by atoms with E-state index in [2.05, 4.69) is 19.0 Å². The van der Waals surface area contributed by atoms with E-state index >= 15 is 0 Å². The minimum atomic E-state index is -0.675. The van der Waals surface area contributed by atoms with Crippen LogP contribution in [0.5, 0.6) is 0 Å². The van der Waals surface area contributed by atoms with Crippen LogP contribution in [-0.2, 0) is 6.42 Å². The fraction of sp³-hybridized carbons (Fsp3) is 0.650. The van der Waals surface area contributed by atoms with Gasteiger partial charge in [-0.3, -0.25) is 4.79 Å². The average molecular weight is 332 g/mol.